The Balaban J connectivity index is 3.38. The van der Waals surface area contributed by atoms with E-state index in [-0.39, 0.29) is 26.3 Å². The van der Waals surface area contributed by atoms with Crippen LogP contribution in [0.2, 0.25) is 0 Å². The highest BCUT2D eigenvalue weighted by atomic mass is 16.6. The summed E-state index contributed by atoms with van der Waals surface area (Å²) in [5, 5.41) is 0. The SMILES string of the molecule is CCOC(=O)[C@H]1[C@H](C(=O)OCC)N(C(=O)OC(C)(C)C)CCN1C(=O)OC(C)(C)C. The van der Waals surface area contributed by atoms with E-state index >= 15 is 0 Å². The predicted molar refractivity (Wildman–Crippen MR) is 107 cm³/mol. The number of amides is 2. The van der Waals surface area contributed by atoms with E-state index in [0.29, 0.717) is 0 Å². The molecular weight excluding hydrogens is 396 g/mol. The smallest absolute Gasteiger partial charge is 0.411 e. The summed E-state index contributed by atoms with van der Waals surface area (Å²) in [5.74, 6) is -1.68. The van der Waals surface area contributed by atoms with Crippen LogP contribution in [0.5, 0.6) is 0 Å². The zero-order chi connectivity index (χ0) is 23.3. The first-order valence-electron chi connectivity index (χ1n) is 10.0. The van der Waals surface area contributed by atoms with Crippen LogP contribution in [0, 0.1) is 0 Å². The molecule has 10 nitrogen and oxygen atoms in total. The number of carbonyl (C=O) groups excluding carboxylic acids is 4. The Kier molecular flexibility index (Phi) is 8.50. The summed E-state index contributed by atoms with van der Waals surface area (Å²) in [6.45, 7) is 13.3. The standard InChI is InChI=1S/C20H34N2O8/c1-9-27-15(23)13-14(16(24)28-10-2)22(18(26)30-20(6,7)8)12-11-21(13)17(25)29-19(3,4)5/h13-14H,9-12H2,1-8H3/t13-,14-/m1/s1. The molecule has 1 saturated heterocycles. The van der Waals surface area contributed by atoms with Gasteiger partial charge in [0.05, 0.1) is 13.2 Å². The number of nitrogens with zero attached hydrogens (tertiary/aromatic N) is 2. The minimum Gasteiger partial charge on any atom is -0.464 e. The molecular formula is C20H34N2O8. The molecule has 1 fully saturated rings. The Hall–Kier alpha value is -2.52. The van der Waals surface area contributed by atoms with Gasteiger partial charge in [0.2, 0.25) is 0 Å². The molecule has 0 N–H and O–H groups in total. The van der Waals surface area contributed by atoms with E-state index in [2.05, 4.69) is 0 Å². The zero-order valence-electron chi connectivity index (χ0n) is 19.1. The van der Waals surface area contributed by atoms with Gasteiger partial charge in [-0.2, -0.15) is 0 Å². The van der Waals surface area contributed by atoms with Crippen molar-refractivity contribution in [2.24, 2.45) is 0 Å². The number of esters is 2. The highest BCUT2D eigenvalue weighted by molar-refractivity contribution is 5.92. The molecule has 1 aliphatic rings. The second-order valence-electron chi connectivity index (χ2n) is 8.74. The molecule has 0 aliphatic carbocycles. The van der Waals surface area contributed by atoms with Crippen molar-refractivity contribution in [2.45, 2.75) is 78.7 Å². The molecule has 2 atom stereocenters. The summed E-state index contributed by atoms with van der Waals surface area (Å²) in [5.41, 5.74) is -1.64. The molecule has 30 heavy (non-hydrogen) atoms. The highest BCUT2D eigenvalue weighted by Gasteiger charge is 2.52. The fraction of sp³-hybridized carbons (Fsp3) is 0.800. The van der Waals surface area contributed by atoms with Crippen molar-refractivity contribution < 1.29 is 38.1 Å². The second kappa shape index (κ2) is 9.99. The molecule has 0 aromatic heterocycles. The van der Waals surface area contributed by atoms with Gasteiger partial charge < -0.3 is 18.9 Å². The van der Waals surface area contributed by atoms with Crippen LogP contribution in [0.1, 0.15) is 55.4 Å². The lowest BCUT2D eigenvalue weighted by atomic mass is 10.0. The summed E-state index contributed by atoms with van der Waals surface area (Å²) >= 11 is 0. The molecule has 0 radical (unpaired) electrons. The maximum Gasteiger partial charge on any atom is 0.411 e. The van der Waals surface area contributed by atoms with E-state index in [1.54, 1.807) is 55.4 Å². The maximum absolute atomic E-state index is 12.8. The van der Waals surface area contributed by atoms with Crippen LogP contribution in [-0.4, -0.2) is 83.5 Å². The average Bonchev–Trinajstić information content (AvgIpc) is 2.57. The van der Waals surface area contributed by atoms with Gasteiger partial charge in [0.1, 0.15) is 11.2 Å². The summed E-state index contributed by atoms with van der Waals surface area (Å²) in [6, 6.07) is -2.86. The number of hydrogen-bond donors (Lipinski definition) is 0. The largest absolute Gasteiger partial charge is 0.464 e. The highest BCUT2D eigenvalue weighted by Crippen LogP contribution is 2.25. The van der Waals surface area contributed by atoms with Crippen LogP contribution in [0.4, 0.5) is 9.59 Å². The van der Waals surface area contributed by atoms with Crippen LogP contribution in [0.25, 0.3) is 0 Å². The van der Waals surface area contributed by atoms with E-state index < -0.39 is 47.4 Å². The summed E-state index contributed by atoms with van der Waals surface area (Å²) < 4.78 is 21.0. The minimum atomic E-state index is -1.43. The third-order valence-corrected chi connectivity index (χ3v) is 3.86. The molecule has 1 rings (SSSR count). The molecule has 0 aromatic rings. The monoisotopic (exact) mass is 430 g/mol. The van der Waals surface area contributed by atoms with Crippen molar-refractivity contribution in [3.63, 3.8) is 0 Å². The average molecular weight is 430 g/mol. The van der Waals surface area contributed by atoms with Gasteiger partial charge in [-0.1, -0.05) is 0 Å². The first-order valence-corrected chi connectivity index (χ1v) is 10.0. The Morgan fingerprint density at radius 2 is 1.00 bits per heavy atom. The van der Waals surface area contributed by atoms with Crippen molar-refractivity contribution in [3.8, 4) is 0 Å². The van der Waals surface area contributed by atoms with Gasteiger partial charge in [-0.15, -0.1) is 0 Å². The van der Waals surface area contributed by atoms with Crippen LogP contribution >= 0.6 is 0 Å². The normalized spacial score (nSPS) is 19.7. The topological polar surface area (TPSA) is 112 Å². The predicted octanol–water partition coefficient (Wildman–Crippen LogP) is 2.34. The Labute approximate surface area is 177 Å². The number of piperazine rings is 1. The lowest BCUT2D eigenvalue weighted by molar-refractivity contribution is -0.166. The van der Waals surface area contributed by atoms with Crippen molar-refractivity contribution in [3.05, 3.63) is 0 Å². The zero-order valence-corrected chi connectivity index (χ0v) is 19.1. The molecule has 0 bridgehead atoms. The second-order valence-corrected chi connectivity index (χ2v) is 8.74. The van der Waals surface area contributed by atoms with E-state index in [9.17, 15) is 19.2 Å². The lowest BCUT2D eigenvalue weighted by Gasteiger charge is -2.44. The van der Waals surface area contributed by atoms with Crippen molar-refractivity contribution in [1.29, 1.82) is 0 Å². The van der Waals surface area contributed by atoms with Gasteiger partial charge in [-0.25, -0.2) is 19.2 Å². The first kappa shape index (κ1) is 25.5. The number of ether oxygens (including phenoxy) is 4. The Bertz CT molecular complexity index is 594. The van der Waals surface area contributed by atoms with E-state index in [0.717, 1.165) is 9.80 Å². The van der Waals surface area contributed by atoms with Gasteiger partial charge >= 0.3 is 24.1 Å². The molecule has 1 heterocycles. The molecule has 0 unspecified atom stereocenters. The summed E-state index contributed by atoms with van der Waals surface area (Å²) in [4.78, 5) is 53.3. The molecule has 0 saturated carbocycles. The van der Waals surface area contributed by atoms with Crippen LogP contribution in [-0.2, 0) is 28.5 Å². The van der Waals surface area contributed by atoms with Gasteiger partial charge in [0.15, 0.2) is 12.1 Å². The first-order chi connectivity index (χ1) is 13.7. The van der Waals surface area contributed by atoms with E-state index in [1.165, 1.54) is 0 Å². The molecule has 1 aliphatic heterocycles. The third-order valence-electron chi connectivity index (χ3n) is 3.86. The van der Waals surface area contributed by atoms with Crippen molar-refractivity contribution in [2.75, 3.05) is 26.3 Å². The molecule has 172 valence electrons. The molecule has 0 spiro atoms. The summed E-state index contributed by atoms with van der Waals surface area (Å²) in [6.07, 6.45) is -1.59. The fourth-order valence-electron chi connectivity index (χ4n) is 2.85. The van der Waals surface area contributed by atoms with Crippen LogP contribution in [0.3, 0.4) is 0 Å². The maximum atomic E-state index is 12.8. The van der Waals surface area contributed by atoms with Gasteiger partial charge in [-0.3, -0.25) is 9.80 Å². The van der Waals surface area contributed by atoms with Gasteiger partial charge in [0, 0.05) is 13.1 Å². The van der Waals surface area contributed by atoms with Crippen molar-refractivity contribution in [1.82, 2.24) is 9.80 Å². The van der Waals surface area contributed by atoms with Crippen molar-refractivity contribution >= 4 is 24.1 Å². The van der Waals surface area contributed by atoms with Gasteiger partial charge in [-0.05, 0) is 55.4 Å². The van der Waals surface area contributed by atoms with Crippen LogP contribution < -0.4 is 0 Å². The lowest BCUT2D eigenvalue weighted by Crippen LogP contribution is -2.68. The minimum absolute atomic E-state index is 0.0273. The van der Waals surface area contributed by atoms with E-state index in [1.807, 2.05) is 0 Å². The molecule has 0 aromatic carbocycles. The van der Waals surface area contributed by atoms with Gasteiger partial charge in [0.25, 0.3) is 0 Å². The summed E-state index contributed by atoms with van der Waals surface area (Å²) in [7, 11) is 0. The number of rotatable bonds is 4. The number of carbonyl (C=O) groups is 4. The van der Waals surface area contributed by atoms with E-state index in [4.69, 9.17) is 18.9 Å². The third kappa shape index (κ3) is 7.07. The van der Waals surface area contributed by atoms with Crippen LogP contribution in [0.15, 0.2) is 0 Å². The number of hydrogen-bond acceptors (Lipinski definition) is 8. The Morgan fingerprint density at radius 1 is 0.700 bits per heavy atom. The quantitative estimate of drug-likeness (QED) is 0.493. The fourth-order valence-corrected chi connectivity index (χ4v) is 2.85. The molecule has 2 amide bonds. The molecule has 10 heteroatoms. The Morgan fingerprint density at radius 3 is 1.23 bits per heavy atom.